The average Bonchev–Trinajstić information content (AvgIpc) is 2.39. The lowest BCUT2D eigenvalue weighted by Crippen LogP contribution is -2.13. The fourth-order valence-electron chi connectivity index (χ4n) is 1.58. The van der Waals surface area contributed by atoms with Crippen molar-refractivity contribution in [2.24, 2.45) is 0 Å². The van der Waals surface area contributed by atoms with Crippen LogP contribution in [0.15, 0.2) is 48.5 Å². The maximum atomic E-state index is 12.1. The molecule has 0 fully saturated rings. The topological polar surface area (TPSA) is 29.1 Å². The van der Waals surface area contributed by atoms with E-state index in [1.165, 1.54) is 0 Å². The van der Waals surface area contributed by atoms with Gasteiger partial charge in [-0.05, 0) is 52.4 Å². The van der Waals surface area contributed by atoms with Crippen LogP contribution in [0, 0.1) is 3.57 Å². The Hall–Kier alpha value is -0.880. The van der Waals surface area contributed by atoms with Crippen molar-refractivity contribution in [3.63, 3.8) is 0 Å². The highest BCUT2D eigenvalue weighted by atomic mass is 127. The van der Waals surface area contributed by atoms with Crippen molar-refractivity contribution in [1.82, 2.24) is 0 Å². The Morgan fingerprint density at radius 1 is 1.17 bits per heavy atom. The number of benzene rings is 2. The minimum absolute atomic E-state index is 0.0816. The summed E-state index contributed by atoms with van der Waals surface area (Å²) in [4.78, 5) is 12.1. The van der Waals surface area contributed by atoms with Crippen molar-refractivity contribution in [3.05, 3.63) is 63.2 Å². The van der Waals surface area contributed by atoms with E-state index in [0.29, 0.717) is 5.56 Å². The quantitative estimate of drug-likeness (QED) is 0.582. The lowest BCUT2D eigenvalue weighted by molar-refractivity contribution is 0.102. The molecule has 2 aromatic rings. The standard InChI is InChI=1S/C14H11BrINO/c15-9-11-4-1-2-7-13(11)17-14(18)10-5-3-6-12(16)8-10/h1-8H,9H2,(H,17,18). The molecule has 0 unspecified atom stereocenters. The number of carbonyl (C=O) groups is 1. The molecule has 2 nitrogen and oxygen atoms in total. The van der Waals surface area contributed by atoms with Crippen molar-refractivity contribution >= 4 is 50.1 Å². The molecule has 1 N–H and O–H groups in total. The second-order valence-electron chi connectivity index (χ2n) is 3.76. The first-order valence-electron chi connectivity index (χ1n) is 5.41. The van der Waals surface area contributed by atoms with Gasteiger partial charge in [-0.2, -0.15) is 0 Å². The Morgan fingerprint density at radius 3 is 2.67 bits per heavy atom. The summed E-state index contributed by atoms with van der Waals surface area (Å²) in [6.07, 6.45) is 0. The molecule has 0 radical (unpaired) electrons. The molecule has 2 rings (SSSR count). The van der Waals surface area contributed by atoms with Gasteiger partial charge in [0.25, 0.3) is 5.91 Å². The highest BCUT2D eigenvalue weighted by molar-refractivity contribution is 14.1. The molecule has 0 heterocycles. The average molecular weight is 416 g/mol. The van der Waals surface area contributed by atoms with Crippen LogP contribution in [0.1, 0.15) is 15.9 Å². The predicted octanol–water partition coefficient (Wildman–Crippen LogP) is 4.44. The fourth-order valence-corrected chi connectivity index (χ4v) is 2.62. The monoisotopic (exact) mass is 415 g/mol. The number of halogens is 2. The molecule has 0 aromatic heterocycles. The lowest BCUT2D eigenvalue weighted by atomic mass is 10.1. The molecule has 1 amide bonds. The number of alkyl halides is 1. The molecule has 0 aliphatic heterocycles. The van der Waals surface area contributed by atoms with E-state index >= 15 is 0 Å². The maximum Gasteiger partial charge on any atom is 0.255 e. The molecule has 0 saturated heterocycles. The molecule has 92 valence electrons. The molecular weight excluding hydrogens is 405 g/mol. The molecule has 0 bridgehead atoms. The molecule has 0 aliphatic rings. The highest BCUT2D eigenvalue weighted by Gasteiger charge is 2.08. The zero-order chi connectivity index (χ0) is 13.0. The van der Waals surface area contributed by atoms with Gasteiger partial charge in [-0.25, -0.2) is 0 Å². The van der Waals surface area contributed by atoms with Gasteiger partial charge in [0.05, 0.1) is 0 Å². The van der Waals surface area contributed by atoms with Gasteiger partial charge in [-0.15, -0.1) is 0 Å². The van der Waals surface area contributed by atoms with Crippen molar-refractivity contribution in [2.45, 2.75) is 5.33 Å². The van der Waals surface area contributed by atoms with E-state index in [4.69, 9.17) is 0 Å². The molecule has 0 aliphatic carbocycles. The largest absolute Gasteiger partial charge is 0.322 e. The fraction of sp³-hybridized carbons (Fsp3) is 0.0714. The van der Waals surface area contributed by atoms with Gasteiger partial charge in [0.15, 0.2) is 0 Å². The Morgan fingerprint density at radius 2 is 1.94 bits per heavy atom. The number of amides is 1. The summed E-state index contributed by atoms with van der Waals surface area (Å²) in [6.45, 7) is 0. The maximum absolute atomic E-state index is 12.1. The Bertz CT molecular complexity index is 571. The highest BCUT2D eigenvalue weighted by Crippen LogP contribution is 2.19. The molecule has 0 saturated carbocycles. The second-order valence-corrected chi connectivity index (χ2v) is 5.56. The zero-order valence-corrected chi connectivity index (χ0v) is 13.2. The van der Waals surface area contributed by atoms with Crippen LogP contribution in [0.2, 0.25) is 0 Å². The van der Waals surface area contributed by atoms with Gasteiger partial charge in [0, 0.05) is 20.2 Å². The number of para-hydroxylation sites is 1. The molecule has 0 atom stereocenters. The van der Waals surface area contributed by atoms with Crippen molar-refractivity contribution in [3.8, 4) is 0 Å². The summed E-state index contributed by atoms with van der Waals surface area (Å²) in [5.41, 5.74) is 2.58. The summed E-state index contributed by atoms with van der Waals surface area (Å²) >= 11 is 5.61. The summed E-state index contributed by atoms with van der Waals surface area (Å²) in [6, 6.07) is 15.3. The summed E-state index contributed by atoms with van der Waals surface area (Å²) < 4.78 is 1.05. The van der Waals surface area contributed by atoms with Crippen LogP contribution >= 0.6 is 38.5 Å². The van der Waals surface area contributed by atoms with Crippen LogP contribution in [-0.4, -0.2) is 5.91 Å². The normalized spacial score (nSPS) is 10.1. The number of rotatable bonds is 3. The Kier molecular flexibility index (Phi) is 4.77. The van der Waals surface area contributed by atoms with Gasteiger partial charge in [0.1, 0.15) is 0 Å². The summed E-state index contributed by atoms with van der Waals surface area (Å²) in [5.74, 6) is -0.0816. The Labute approximate surface area is 128 Å². The van der Waals surface area contributed by atoms with Crippen molar-refractivity contribution in [1.29, 1.82) is 0 Å². The number of hydrogen-bond donors (Lipinski definition) is 1. The molecule has 4 heteroatoms. The van der Waals surface area contributed by atoms with Crippen molar-refractivity contribution in [2.75, 3.05) is 5.32 Å². The third-order valence-electron chi connectivity index (χ3n) is 2.50. The van der Waals surface area contributed by atoms with E-state index in [2.05, 4.69) is 43.8 Å². The van der Waals surface area contributed by atoms with Gasteiger partial charge in [-0.3, -0.25) is 4.79 Å². The van der Waals surface area contributed by atoms with Gasteiger partial charge in [-0.1, -0.05) is 40.2 Å². The summed E-state index contributed by atoms with van der Waals surface area (Å²) in [5, 5.41) is 3.65. The van der Waals surface area contributed by atoms with Gasteiger partial charge >= 0.3 is 0 Å². The van der Waals surface area contributed by atoms with Crippen LogP contribution in [0.5, 0.6) is 0 Å². The van der Waals surface area contributed by atoms with Crippen LogP contribution in [0.25, 0.3) is 0 Å². The number of carbonyl (C=O) groups excluding carboxylic acids is 1. The SMILES string of the molecule is O=C(Nc1ccccc1CBr)c1cccc(I)c1. The smallest absolute Gasteiger partial charge is 0.255 e. The van der Waals surface area contributed by atoms with Crippen molar-refractivity contribution < 1.29 is 4.79 Å². The second kappa shape index (κ2) is 6.33. The van der Waals surface area contributed by atoms with Crippen LogP contribution in [0.4, 0.5) is 5.69 Å². The third kappa shape index (κ3) is 3.32. The number of nitrogens with one attached hydrogen (secondary N) is 1. The molecule has 0 spiro atoms. The van der Waals surface area contributed by atoms with Crippen LogP contribution in [0.3, 0.4) is 0 Å². The molecule has 18 heavy (non-hydrogen) atoms. The van der Waals surface area contributed by atoms with Crippen LogP contribution < -0.4 is 5.32 Å². The number of hydrogen-bond acceptors (Lipinski definition) is 1. The van der Waals surface area contributed by atoms with E-state index in [0.717, 1.165) is 20.2 Å². The van der Waals surface area contributed by atoms with E-state index < -0.39 is 0 Å². The zero-order valence-electron chi connectivity index (χ0n) is 9.49. The van der Waals surface area contributed by atoms with E-state index in [-0.39, 0.29) is 5.91 Å². The predicted molar refractivity (Wildman–Crippen MR) is 86.2 cm³/mol. The van der Waals surface area contributed by atoms with Crippen LogP contribution in [-0.2, 0) is 5.33 Å². The number of anilines is 1. The first kappa shape index (κ1) is 13.5. The third-order valence-corrected chi connectivity index (χ3v) is 3.77. The van der Waals surface area contributed by atoms with Gasteiger partial charge in [0.2, 0.25) is 0 Å². The van der Waals surface area contributed by atoms with Gasteiger partial charge < -0.3 is 5.32 Å². The van der Waals surface area contributed by atoms with E-state index in [1.807, 2.05) is 48.5 Å². The van der Waals surface area contributed by atoms with E-state index in [1.54, 1.807) is 0 Å². The summed E-state index contributed by atoms with van der Waals surface area (Å²) in [7, 11) is 0. The first-order valence-corrected chi connectivity index (χ1v) is 7.61. The minimum Gasteiger partial charge on any atom is -0.322 e. The lowest BCUT2D eigenvalue weighted by Gasteiger charge is -2.09. The van der Waals surface area contributed by atoms with E-state index in [9.17, 15) is 4.79 Å². The molecular formula is C14H11BrINO. The Balaban J connectivity index is 2.21. The first-order chi connectivity index (χ1) is 8.70. The molecule has 2 aromatic carbocycles. The minimum atomic E-state index is -0.0816.